The van der Waals surface area contributed by atoms with Gasteiger partial charge in [-0.25, -0.2) is 0 Å². The first-order chi connectivity index (χ1) is 9.11. The van der Waals surface area contributed by atoms with Crippen molar-refractivity contribution < 1.29 is 5.11 Å². The SMILES string of the molecule is CCC(Nc1ccc(Br)cc1C)c1ccccc1O. The van der Waals surface area contributed by atoms with E-state index in [4.69, 9.17) is 0 Å². The van der Waals surface area contributed by atoms with Crippen molar-refractivity contribution in [2.24, 2.45) is 0 Å². The number of phenolic OH excluding ortho intramolecular Hbond substituents is 1. The topological polar surface area (TPSA) is 32.3 Å². The molecular weight excluding hydrogens is 302 g/mol. The Kier molecular flexibility index (Phi) is 4.48. The van der Waals surface area contributed by atoms with Crippen molar-refractivity contribution in [2.45, 2.75) is 26.3 Å². The second-order valence-corrected chi connectivity index (χ2v) is 5.54. The van der Waals surface area contributed by atoms with Crippen LogP contribution >= 0.6 is 15.9 Å². The third-order valence-corrected chi connectivity index (χ3v) is 3.73. The Bertz CT molecular complexity index is 568. The lowest BCUT2D eigenvalue weighted by atomic mass is 10.0. The first-order valence-electron chi connectivity index (χ1n) is 6.42. The van der Waals surface area contributed by atoms with Crippen LogP contribution in [0.15, 0.2) is 46.9 Å². The molecule has 0 aromatic heterocycles. The van der Waals surface area contributed by atoms with Crippen molar-refractivity contribution in [3.05, 3.63) is 58.1 Å². The van der Waals surface area contributed by atoms with Gasteiger partial charge in [-0.15, -0.1) is 0 Å². The summed E-state index contributed by atoms with van der Waals surface area (Å²) >= 11 is 3.47. The fourth-order valence-electron chi connectivity index (χ4n) is 2.16. The quantitative estimate of drug-likeness (QED) is 0.828. The van der Waals surface area contributed by atoms with Crippen molar-refractivity contribution in [1.82, 2.24) is 0 Å². The van der Waals surface area contributed by atoms with Gasteiger partial charge in [0.2, 0.25) is 0 Å². The molecule has 100 valence electrons. The molecule has 1 atom stereocenters. The summed E-state index contributed by atoms with van der Waals surface area (Å²) in [5.74, 6) is 0.344. The summed E-state index contributed by atoms with van der Waals surface area (Å²) in [6, 6.07) is 13.8. The smallest absolute Gasteiger partial charge is 0.120 e. The highest BCUT2D eigenvalue weighted by atomic mass is 79.9. The predicted molar refractivity (Wildman–Crippen MR) is 83.6 cm³/mol. The van der Waals surface area contributed by atoms with Crippen molar-refractivity contribution in [3.8, 4) is 5.75 Å². The minimum atomic E-state index is 0.112. The Hall–Kier alpha value is -1.48. The highest BCUT2D eigenvalue weighted by Gasteiger charge is 2.13. The maximum atomic E-state index is 9.96. The van der Waals surface area contributed by atoms with Crippen LogP contribution in [-0.4, -0.2) is 5.11 Å². The van der Waals surface area contributed by atoms with Gasteiger partial charge in [0, 0.05) is 15.7 Å². The Morgan fingerprint density at radius 3 is 2.58 bits per heavy atom. The van der Waals surface area contributed by atoms with E-state index in [9.17, 15) is 5.11 Å². The molecule has 0 bridgehead atoms. The molecular formula is C16H18BrNO. The molecule has 0 aliphatic carbocycles. The average molecular weight is 320 g/mol. The number of para-hydroxylation sites is 1. The number of rotatable bonds is 4. The standard InChI is InChI=1S/C16H18BrNO/c1-3-14(13-6-4-5-7-16(13)19)18-15-9-8-12(17)10-11(15)2/h4-10,14,18-19H,3H2,1-2H3. The van der Waals surface area contributed by atoms with Gasteiger partial charge in [0.05, 0.1) is 6.04 Å². The van der Waals surface area contributed by atoms with E-state index in [1.165, 1.54) is 5.56 Å². The Morgan fingerprint density at radius 1 is 1.21 bits per heavy atom. The van der Waals surface area contributed by atoms with Gasteiger partial charge >= 0.3 is 0 Å². The lowest BCUT2D eigenvalue weighted by Crippen LogP contribution is -2.10. The van der Waals surface area contributed by atoms with Crippen LogP contribution in [0.1, 0.15) is 30.5 Å². The van der Waals surface area contributed by atoms with Gasteiger partial charge in [0.15, 0.2) is 0 Å². The predicted octanol–water partition coefficient (Wildman–Crippen LogP) is 5.03. The minimum absolute atomic E-state index is 0.112. The molecule has 0 aliphatic heterocycles. The van der Waals surface area contributed by atoms with E-state index in [-0.39, 0.29) is 6.04 Å². The molecule has 2 rings (SSSR count). The molecule has 2 nitrogen and oxygen atoms in total. The van der Waals surface area contributed by atoms with E-state index >= 15 is 0 Å². The molecule has 1 unspecified atom stereocenters. The van der Waals surface area contributed by atoms with Crippen LogP contribution in [0, 0.1) is 6.92 Å². The maximum Gasteiger partial charge on any atom is 0.120 e. The summed E-state index contributed by atoms with van der Waals surface area (Å²) in [5.41, 5.74) is 3.22. The normalized spacial score (nSPS) is 12.2. The molecule has 0 aliphatic rings. The number of halogens is 1. The first kappa shape index (κ1) is 13.9. The number of aromatic hydroxyl groups is 1. The molecule has 0 saturated carbocycles. The molecule has 0 amide bonds. The number of hydrogen-bond acceptors (Lipinski definition) is 2. The molecule has 0 saturated heterocycles. The summed E-state index contributed by atoms with van der Waals surface area (Å²) in [6.07, 6.45) is 0.910. The fourth-order valence-corrected chi connectivity index (χ4v) is 2.63. The van der Waals surface area contributed by atoms with E-state index in [0.29, 0.717) is 5.75 Å². The van der Waals surface area contributed by atoms with Crippen molar-refractivity contribution in [2.75, 3.05) is 5.32 Å². The van der Waals surface area contributed by atoms with E-state index in [0.717, 1.165) is 22.1 Å². The van der Waals surface area contributed by atoms with Gasteiger partial charge < -0.3 is 10.4 Å². The van der Waals surface area contributed by atoms with Crippen LogP contribution in [0.4, 0.5) is 5.69 Å². The molecule has 3 heteroatoms. The number of anilines is 1. The second-order valence-electron chi connectivity index (χ2n) is 4.62. The first-order valence-corrected chi connectivity index (χ1v) is 7.21. The van der Waals surface area contributed by atoms with Gasteiger partial charge in [-0.2, -0.15) is 0 Å². The number of phenols is 1. The summed E-state index contributed by atoms with van der Waals surface area (Å²) < 4.78 is 1.08. The van der Waals surface area contributed by atoms with E-state index in [1.54, 1.807) is 6.07 Å². The Balaban J connectivity index is 2.27. The molecule has 0 spiro atoms. The van der Waals surface area contributed by atoms with Crippen LogP contribution in [0.3, 0.4) is 0 Å². The van der Waals surface area contributed by atoms with Gasteiger partial charge in [-0.3, -0.25) is 0 Å². The molecule has 2 aromatic rings. The molecule has 2 N–H and O–H groups in total. The largest absolute Gasteiger partial charge is 0.508 e. The van der Waals surface area contributed by atoms with E-state index < -0.39 is 0 Å². The number of nitrogens with one attached hydrogen (secondary N) is 1. The van der Waals surface area contributed by atoms with Crippen molar-refractivity contribution in [1.29, 1.82) is 0 Å². The summed E-state index contributed by atoms with van der Waals surface area (Å²) in [7, 11) is 0. The van der Waals surface area contributed by atoms with Crippen LogP contribution in [0.25, 0.3) is 0 Å². The fraction of sp³-hybridized carbons (Fsp3) is 0.250. The molecule has 0 fully saturated rings. The third-order valence-electron chi connectivity index (χ3n) is 3.24. The van der Waals surface area contributed by atoms with Gasteiger partial charge in [0.25, 0.3) is 0 Å². The van der Waals surface area contributed by atoms with Gasteiger partial charge in [-0.05, 0) is 43.2 Å². The third kappa shape index (κ3) is 3.29. The summed E-state index contributed by atoms with van der Waals surface area (Å²) in [6.45, 7) is 4.18. The highest BCUT2D eigenvalue weighted by molar-refractivity contribution is 9.10. The highest BCUT2D eigenvalue weighted by Crippen LogP contribution is 2.30. The summed E-state index contributed by atoms with van der Waals surface area (Å²) in [5, 5.41) is 13.5. The number of benzene rings is 2. The average Bonchev–Trinajstić information content (AvgIpc) is 2.39. The molecule has 19 heavy (non-hydrogen) atoms. The lowest BCUT2D eigenvalue weighted by molar-refractivity contribution is 0.462. The summed E-state index contributed by atoms with van der Waals surface area (Å²) in [4.78, 5) is 0. The second kappa shape index (κ2) is 6.11. The zero-order valence-corrected chi connectivity index (χ0v) is 12.7. The zero-order valence-electron chi connectivity index (χ0n) is 11.2. The molecule has 0 radical (unpaired) electrons. The minimum Gasteiger partial charge on any atom is -0.508 e. The number of hydrogen-bond donors (Lipinski definition) is 2. The Morgan fingerprint density at radius 2 is 1.95 bits per heavy atom. The number of aryl methyl sites for hydroxylation is 1. The van der Waals surface area contributed by atoms with E-state index in [1.807, 2.05) is 24.3 Å². The van der Waals surface area contributed by atoms with Crippen LogP contribution < -0.4 is 5.32 Å². The lowest BCUT2D eigenvalue weighted by Gasteiger charge is -2.21. The Labute approximate surface area is 122 Å². The van der Waals surface area contributed by atoms with Crippen LogP contribution in [-0.2, 0) is 0 Å². The monoisotopic (exact) mass is 319 g/mol. The maximum absolute atomic E-state index is 9.96. The van der Waals surface area contributed by atoms with E-state index in [2.05, 4.69) is 47.2 Å². The van der Waals surface area contributed by atoms with Crippen LogP contribution in [0.2, 0.25) is 0 Å². The van der Waals surface area contributed by atoms with Gasteiger partial charge in [0.1, 0.15) is 5.75 Å². The zero-order chi connectivity index (χ0) is 13.8. The molecule has 0 heterocycles. The van der Waals surface area contributed by atoms with Crippen molar-refractivity contribution in [3.63, 3.8) is 0 Å². The molecule has 2 aromatic carbocycles. The van der Waals surface area contributed by atoms with Crippen molar-refractivity contribution >= 4 is 21.6 Å². The van der Waals surface area contributed by atoms with Gasteiger partial charge in [-0.1, -0.05) is 41.1 Å². The van der Waals surface area contributed by atoms with Crippen LogP contribution in [0.5, 0.6) is 5.75 Å².